The molecule has 2 unspecified atom stereocenters. The van der Waals surface area contributed by atoms with Crippen molar-refractivity contribution in [2.24, 2.45) is 5.73 Å². The number of hydrogen-bond acceptors (Lipinski definition) is 8. The third-order valence-corrected chi connectivity index (χ3v) is 4.21. The van der Waals surface area contributed by atoms with Gasteiger partial charge in [0.2, 0.25) is 11.6 Å². The number of aliphatic hydroxyl groups is 3. The summed E-state index contributed by atoms with van der Waals surface area (Å²) in [4.78, 5) is 16.0. The van der Waals surface area contributed by atoms with Gasteiger partial charge in [0.25, 0.3) is 5.91 Å². The Morgan fingerprint density at radius 1 is 1.42 bits per heavy atom. The van der Waals surface area contributed by atoms with E-state index in [2.05, 4.69) is 21.9 Å². The first kappa shape index (κ1) is 16.6. The monoisotopic (exact) mass is 350 g/mol. The molecule has 3 rings (SSSR count). The van der Waals surface area contributed by atoms with E-state index in [1.807, 2.05) is 11.4 Å². The SMILES string of the molecule is NC(=O)c1nc(C#Cc2cccs2)n(C2OC(CO)[C@H](O)[C@@H]2O)n1. The van der Waals surface area contributed by atoms with Crippen LogP contribution in [0.5, 0.6) is 0 Å². The number of aliphatic hydroxyl groups excluding tert-OH is 3. The van der Waals surface area contributed by atoms with Crippen LogP contribution in [0.2, 0.25) is 0 Å². The minimum atomic E-state index is -1.37. The molecular weight excluding hydrogens is 336 g/mol. The normalized spacial score (nSPS) is 26.1. The Labute approximate surface area is 140 Å². The molecule has 0 saturated carbocycles. The lowest BCUT2D eigenvalue weighted by atomic mass is 10.1. The Balaban J connectivity index is 1.99. The number of nitrogens with zero attached hydrogens (tertiary/aromatic N) is 3. The first-order valence-electron chi connectivity index (χ1n) is 6.95. The van der Waals surface area contributed by atoms with Gasteiger partial charge in [-0.05, 0) is 23.3 Å². The average molecular weight is 350 g/mol. The second-order valence-electron chi connectivity index (χ2n) is 5.02. The highest BCUT2D eigenvalue weighted by atomic mass is 32.1. The molecule has 24 heavy (non-hydrogen) atoms. The Morgan fingerprint density at radius 2 is 2.21 bits per heavy atom. The number of carbonyl (C=O) groups is 1. The third-order valence-electron chi connectivity index (χ3n) is 3.43. The summed E-state index contributed by atoms with van der Waals surface area (Å²) in [7, 11) is 0. The number of ether oxygens (including phenoxy) is 1. The van der Waals surface area contributed by atoms with Gasteiger partial charge in [-0.1, -0.05) is 6.07 Å². The van der Waals surface area contributed by atoms with Gasteiger partial charge in [-0.3, -0.25) is 4.79 Å². The molecule has 1 amide bonds. The average Bonchev–Trinajstić information content (AvgIpc) is 3.26. The molecule has 0 aromatic carbocycles. The molecular formula is C14H14N4O5S. The van der Waals surface area contributed by atoms with Crippen LogP contribution in [-0.4, -0.2) is 60.9 Å². The summed E-state index contributed by atoms with van der Waals surface area (Å²) in [5.74, 6) is 4.49. The van der Waals surface area contributed by atoms with Gasteiger partial charge in [0, 0.05) is 0 Å². The van der Waals surface area contributed by atoms with Gasteiger partial charge in [0.05, 0.1) is 11.5 Å². The number of carbonyl (C=O) groups excluding carboxylic acids is 1. The Hall–Kier alpha value is -2.29. The minimum Gasteiger partial charge on any atom is -0.394 e. The van der Waals surface area contributed by atoms with Crippen molar-refractivity contribution in [2.75, 3.05) is 6.61 Å². The number of amides is 1. The highest BCUT2D eigenvalue weighted by molar-refractivity contribution is 7.10. The molecule has 2 aromatic heterocycles. The van der Waals surface area contributed by atoms with E-state index < -0.39 is 37.1 Å². The van der Waals surface area contributed by atoms with Gasteiger partial charge in [0.15, 0.2) is 6.23 Å². The molecule has 0 spiro atoms. The topological polar surface area (TPSA) is 144 Å². The van der Waals surface area contributed by atoms with Gasteiger partial charge < -0.3 is 25.8 Å². The maximum atomic E-state index is 11.3. The van der Waals surface area contributed by atoms with Crippen LogP contribution in [-0.2, 0) is 4.74 Å². The van der Waals surface area contributed by atoms with E-state index in [1.165, 1.54) is 11.3 Å². The van der Waals surface area contributed by atoms with E-state index in [0.717, 1.165) is 9.56 Å². The first-order valence-corrected chi connectivity index (χ1v) is 7.83. The number of thiophene rings is 1. The molecule has 1 aliphatic rings. The Morgan fingerprint density at radius 3 is 2.79 bits per heavy atom. The van der Waals surface area contributed by atoms with Gasteiger partial charge in [-0.2, -0.15) is 4.98 Å². The minimum absolute atomic E-state index is 0.0482. The third kappa shape index (κ3) is 3.03. The molecule has 5 N–H and O–H groups in total. The van der Waals surface area contributed by atoms with Crippen LogP contribution in [0.15, 0.2) is 17.5 Å². The lowest BCUT2D eigenvalue weighted by Gasteiger charge is -2.15. The molecule has 3 heterocycles. The number of rotatable bonds is 3. The predicted molar refractivity (Wildman–Crippen MR) is 81.8 cm³/mol. The number of primary amides is 1. The fourth-order valence-electron chi connectivity index (χ4n) is 2.24. The molecule has 2 aromatic rings. The van der Waals surface area contributed by atoms with Crippen molar-refractivity contribution in [3.05, 3.63) is 34.0 Å². The van der Waals surface area contributed by atoms with Crippen LogP contribution < -0.4 is 5.73 Å². The summed E-state index contributed by atoms with van der Waals surface area (Å²) in [6.07, 6.45) is -4.80. The molecule has 9 nitrogen and oxygen atoms in total. The molecule has 1 saturated heterocycles. The maximum Gasteiger partial charge on any atom is 0.288 e. The predicted octanol–water partition coefficient (Wildman–Crippen LogP) is -1.55. The zero-order valence-corrected chi connectivity index (χ0v) is 13.1. The summed E-state index contributed by atoms with van der Waals surface area (Å²) in [5, 5.41) is 34.9. The van der Waals surface area contributed by atoms with Crippen molar-refractivity contribution >= 4 is 17.2 Å². The number of hydrogen-bond donors (Lipinski definition) is 4. The van der Waals surface area contributed by atoms with Gasteiger partial charge >= 0.3 is 0 Å². The van der Waals surface area contributed by atoms with Gasteiger partial charge in [-0.15, -0.1) is 16.4 Å². The standard InChI is InChI=1S/C14H14N4O5S/c15-12(22)13-16-9(4-3-7-2-1-5-24-7)18(17-13)14-11(21)10(20)8(6-19)23-14/h1-2,5,8,10-11,14,19-21H,6H2,(H2,15,22)/t8?,10-,11-,14?/m0/s1. The van der Waals surface area contributed by atoms with Crippen LogP contribution in [0.3, 0.4) is 0 Å². The van der Waals surface area contributed by atoms with E-state index in [0.29, 0.717) is 0 Å². The van der Waals surface area contributed by atoms with Gasteiger partial charge in [-0.25, -0.2) is 4.68 Å². The van der Waals surface area contributed by atoms with Crippen LogP contribution >= 0.6 is 11.3 Å². The van der Waals surface area contributed by atoms with Crippen molar-refractivity contribution in [2.45, 2.75) is 24.5 Å². The van der Waals surface area contributed by atoms with Crippen molar-refractivity contribution in [3.63, 3.8) is 0 Å². The van der Waals surface area contributed by atoms with Gasteiger partial charge in [0.1, 0.15) is 18.3 Å². The van der Waals surface area contributed by atoms with Crippen LogP contribution in [0, 0.1) is 11.8 Å². The Kier molecular flexibility index (Phi) is 4.61. The summed E-state index contributed by atoms with van der Waals surface area (Å²) in [5.41, 5.74) is 5.18. The fraction of sp³-hybridized carbons (Fsp3) is 0.357. The number of nitrogens with two attached hydrogens (primary N) is 1. The van der Waals surface area contributed by atoms with E-state index in [-0.39, 0.29) is 11.6 Å². The van der Waals surface area contributed by atoms with Crippen LogP contribution in [0.4, 0.5) is 0 Å². The summed E-state index contributed by atoms with van der Waals surface area (Å²) in [6, 6.07) is 3.64. The van der Waals surface area contributed by atoms with E-state index >= 15 is 0 Å². The quantitative estimate of drug-likeness (QED) is 0.491. The molecule has 0 radical (unpaired) electrons. The van der Waals surface area contributed by atoms with Crippen molar-refractivity contribution < 1.29 is 24.9 Å². The van der Waals surface area contributed by atoms with Crippen molar-refractivity contribution in [1.29, 1.82) is 0 Å². The lowest BCUT2D eigenvalue weighted by Crippen LogP contribution is -2.33. The van der Waals surface area contributed by atoms with Crippen molar-refractivity contribution in [1.82, 2.24) is 14.8 Å². The zero-order valence-electron chi connectivity index (χ0n) is 12.2. The molecule has 4 atom stereocenters. The Bertz CT molecular complexity index is 794. The lowest BCUT2D eigenvalue weighted by molar-refractivity contribution is -0.0592. The van der Waals surface area contributed by atoms with Crippen molar-refractivity contribution in [3.8, 4) is 11.8 Å². The molecule has 10 heteroatoms. The van der Waals surface area contributed by atoms with E-state index in [9.17, 15) is 15.0 Å². The molecule has 126 valence electrons. The largest absolute Gasteiger partial charge is 0.394 e. The molecule has 0 aliphatic carbocycles. The smallest absolute Gasteiger partial charge is 0.288 e. The highest BCUT2D eigenvalue weighted by Gasteiger charge is 2.44. The summed E-state index contributed by atoms with van der Waals surface area (Å²) >= 11 is 1.42. The maximum absolute atomic E-state index is 11.3. The first-order chi connectivity index (χ1) is 11.5. The molecule has 1 fully saturated rings. The molecule has 0 bridgehead atoms. The zero-order chi connectivity index (χ0) is 17.3. The van der Waals surface area contributed by atoms with E-state index in [4.69, 9.17) is 15.6 Å². The summed E-state index contributed by atoms with van der Waals surface area (Å²) < 4.78 is 6.47. The van der Waals surface area contributed by atoms with Crippen LogP contribution in [0.1, 0.15) is 27.5 Å². The highest BCUT2D eigenvalue weighted by Crippen LogP contribution is 2.29. The fourth-order valence-corrected chi connectivity index (χ4v) is 2.81. The number of aromatic nitrogens is 3. The van der Waals surface area contributed by atoms with Crippen LogP contribution in [0.25, 0.3) is 0 Å². The second kappa shape index (κ2) is 6.68. The van der Waals surface area contributed by atoms with E-state index in [1.54, 1.807) is 6.07 Å². The summed E-state index contributed by atoms with van der Waals surface area (Å²) in [6.45, 7) is -0.484. The molecule has 1 aliphatic heterocycles. The second-order valence-corrected chi connectivity index (χ2v) is 5.97.